The highest BCUT2D eigenvalue weighted by Crippen LogP contribution is 2.22. The second-order valence-corrected chi connectivity index (χ2v) is 2.82. The Morgan fingerprint density at radius 3 is 2.44 bits per heavy atom. The van der Waals surface area contributed by atoms with Crippen molar-refractivity contribution in [2.45, 2.75) is 13.8 Å². The van der Waals surface area contributed by atoms with Crippen LogP contribution in [0.1, 0.15) is 24.2 Å². The van der Waals surface area contributed by atoms with Crippen molar-refractivity contribution < 1.29 is 14.5 Å². The molecule has 0 spiro atoms. The average Bonchev–Trinajstić information content (AvgIpc) is 2.31. The van der Waals surface area contributed by atoms with E-state index in [1.165, 1.54) is 19.2 Å². The number of nitro benzene ring substituents is 1. The molecule has 0 heterocycles. The first-order valence-electron chi connectivity index (χ1n) is 4.58. The van der Waals surface area contributed by atoms with Crippen LogP contribution in [0.25, 0.3) is 0 Å². The van der Waals surface area contributed by atoms with Gasteiger partial charge in [-0.25, -0.2) is 4.79 Å². The molecular formula is C10H12ClNO4. The molecule has 1 aromatic carbocycles. The molecule has 0 unspecified atom stereocenters. The molecule has 0 fully saturated rings. The molecule has 0 amide bonds. The SMILES string of the molecule is CC.COC(=O)c1cc([N+](=O)[O-])ccc1Cl. The van der Waals surface area contributed by atoms with Gasteiger partial charge in [0.1, 0.15) is 0 Å². The number of hydrogen-bond acceptors (Lipinski definition) is 4. The number of benzene rings is 1. The molecule has 6 heteroatoms. The van der Waals surface area contributed by atoms with E-state index in [1.807, 2.05) is 13.8 Å². The largest absolute Gasteiger partial charge is 0.465 e. The van der Waals surface area contributed by atoms with E-state index < -0.39 is 10.9 Å². The summed E-state index contributed by atoms with van der Waals surface area (Å²) in [5.41, 5.74) is -0.210. The minimum absolute atomic E-state index is 0.0108. The Kier molecular flexibility index (Phi) is 6.10. The second kappa shape index (κ2) is 6.79. The van der Waals surface area contributed by atoms with Crippen LogP contribution >= 0.6 is 11.6 Å². The number of hydrogen-bond donors (Lipinski definition) is 0. The van der Waals surface area contributed by atoms with E-state index in [0.717, 1.165) is 6.07 Å². The van der Waals surface area contributed by atoms with Gasteiger partial charge in [0, 0.05) is 12.1 Å². The second-order valence-electron chi connectivity index (χ2n) is 2.41. The van der Waals surface area contributed by atoms with E-state index >= 15 is 0 Å². The monoisotopic (exact) mass is 245 g/mol. The fraction of sp³-hybridized carbons (Fsp3) is 0.300. The quantitative estimate of drug-likeness (QED) is 0.456. The van der Waals surface area contributed by atoms with Gasteiger partial charge in [-0.2, -0.15) is 0 Å². The molecule has 0 aliphatic heterocycles. The normalized spacial score (nSPS) is 8.75. The maximum absolute atomic E-state index is 11.1. The third-order valence-electron chi connectivity index (χ3n) is 1.57. The number of carbonyl (C=O) groups is 1. The van der Waals surface area contributed by atoms with Crippen LogP contribution in [0.3, 0.4) is 0 Å². The Labute approximate surface area is 98.1 Å². The van der Waals surface area contributed by atoms with Crippen LogP contribution in [0, 0.1) is 10.1 Å². The molecule has 0 aliphatic rings. The molecular weight excluding hydrogens is 234 g/mol. The summed E-state index contributed by atoms with van der Waals surface area (Å²) < 4.78 is 4.41. The number of methoxy groups -OCH3 is 1. The van der Waals surface area contributed by atoms with Crippen molar-refractivity contribution in [3.63, 3.8) is 0 Å². The van der Waals surface area contributed by atoms with Gasteiger partial charge < -0.3 is 4.74 Å². The van der Waals surface area contributed by atoms with Gasteiger partial charge in [-0.05, 0) is 6.07 Å². The summed E-state index contributed by atoms with van der Waals surface area (Å²) in [4.78, 5) is 20.9. The van der Waals surface area contributed by atoms with Gasteiger partial charge >= 0.3 is 5.97 Å². The van der Waals surface area contributed by atoms with E-state index in [0.29, 0.717) is 0 Å². The number of esters is 1. The number of nitro groups is 1. The number of ether oxygens (including phenoxy) is 1. The molecule has 0 radical (unpaired) electrons. The number of nitrogens with zero attached hydrogens (tertiary/aromatic N) is 1. The molecule has 0 atom stereocenters. The maximum Gasteiger partial charge on any atom is 0.339 e. The summed E-state index contributed by atoms with van der Waals surface area (Å²) >= 11 is 5.65. The highest BCUT2D eigenvalue weighted by Gasteiger charge is 2.15. The topological polar surface area (TPSA) is 69.4 Å². The standard InChI is InChI=1S/C8H6ClNO4.C2H6/c1-14-8(11)6-4-5(10(12)13)2-3-7(6)9;1-2/h2-4H,1H3;1-2H3. The first-order valence-corrected chi connectivity index (χ1v) is 4.96. The fourth-order valence-corrected chi connectivity index (χ4v) is 1.09. The summed E-state index contributed by atoms with van der Waals surface area (Å²) in [6.45, 7) is 4.00. The lowest BCUT2D eigenvalue weighted by atomic mass is 10.2. The molecule has 1 rings (SSSR count). The summed E-state index contributed by atoms with van der Waals surface area (Å²) in [6, 6.07) is 3.58. The third-order valence-corrected chi connectivity index (χ3v) is 1.90. The van der Waals surface area contributed by atoms with Crippen LogP contribution < -0.4 is 0 Å². The van der Waals surface area contributed by atoms with E-state index in [4.69, 9.17) is 11.6 Å². The molecule has 16 heavy (non-hydrogen) atoms. The predicted molar refractivity (Wildman–Crippen MR) is 60.8 cm³/mol. The lowest BCUT2D eigenvalue weighted by Crippen LogP contribution is -2.02. The molecule has 5 nitrogen and oxygen atoms in total. The van der Waals surface area contributed by atoms with E-state index in [-0.39, 0.29) is 16.3 Å². The molecule has 0 bridgehead atoms. The zero-order valence-electron chi connectivity index (χ0n) is 9.19. The van der Waals surface area contributed by atoms with Gasteiger partial charge in [0.15, 0.2) is 0 Å². The van der Waals surface area contributed by atoms with Gasteiger partial charge in [-0.3, -0.25) is 10.1 Å². The van der Waals surface area contributed by atoms with Crippen molar-refractivity contribution in [2.24, 2.45) is 0 Å². The van der Waals surface area contributed by atoms with Crippen LogP contribution in [0.4, 0.5) is 5.69 Å². The molecule has 0 N–H and O–H groups in total. The zero-order valence-corrected chi connectivity index (χ0v) is 9.95. The van der Waals surface area contributed by atoms with Crippen LogP contribution in [0.5, 0.6) is 0 Å². The Morgan fingerprint density at radius 2 is 2.00 bits per heavy atom. The molecule has 0 aliphatic carbocycles. The first kappa shape index (κ1) is 14.4. The average molecular weight is 246 g/mol. The summed E-state index contributed by atoms with van der Waals surface area (Å²) in [5.74, 6) is -0.696. The van der Waals surface area contributed by atoms with Crippen molar-refractivity contribution in [1.82, 2.24) is 0 Å². The minimum Gasteiger partial charge on any atom is -0.465 e. The molecule has 1 aromatic rings. The van der Waals surface area contributed by atoms with Gasteiger partial charge in [0.25, 0.3) is 5.69 Å². The first-order chi connectivity index (χ1) is 7.56. The lowest BCUT2D eigenvalue weighted by molar-refractivity contribution is -0.384. The molecule has 0 saturated carbocycles. The third kappa shape index (κ3) is 3.51. The predicted octanol–water partition coefficient (Wildman–Crippen LogP) is 3.06. The summed E-state index contributed by atoms with van der Waals surface area (Å²) in [7, 11) is 1.18. The van der Waals surface area contributed by atoms with Crippen molar-refractivity contribution in [2.75, 3.05) is 7.11 Å². The molecule has 0 aromatic heterocycles. The van der Waals surface area contributed by atoms with Gasteiger partial charge in [0.05, 0.1) is 22.6 Å². The van der Waals surface area contributed by atoms with E-state index in [9.17, 15) is 14.9 Å². The minimum atomic E-state index is -0.696. The molecule has 88 valence electrons. The number of rotatable bonds is 2. The van der Waals surface area contributed by atoms with Crippen molar-refractivity contribution in [1.29, 1.82) is 0 Å². The van der Waals surface area contributed by atoms with Crippen LogP contribution in [0.15, 0.2) is 18.2 Å². The van der Waals surface area contributed by atoms with Crippen molar-refractivity contribution in [3.8, 4) is 0 Å². The van der Waals surface area contributed by atoms with Gasteiger partial charge in [-0.1, -0.05) is 25.4 Å². The molecule has 0 saturated heterocycles. The smallest absolute Gasteiger partial charge is 0.339 e. The number of non-ortho nitro benzene ring substituents is 1. The van der Waals surface area contributed by atoms with Crippen LogP contribution in [-0.2, 0) is 4.74 Å². The lowest BCUT2D eigenvalue weighted by Gasteiger charge is -2.00. The highest BCUT2D eigenvalue weighted by atomic mass is 35.5. The van der Waals surface area contributed by atoms with Crippen LogP contribution in [0.2, 0.25) is 5.02 Å². The fourth-order valence-electron chi connectivity index (χ4n) is 0.893. The van der Waals surface area contributed by atoms with Gasteiger partial charge in [0.2, 0.25) is 0 Å². The van der Waals surface area contributed by atoms with Crippen LogP contribution in [-0.4, -0.2) is 18.0 Å². The summed E-state index contributed by atoms with van der Waals surface area (Å²) in [6.07, 6.45) is 0. The Bertz CT molecular complexity index is 392. The van der Waals surface area contributed by atoms with Crippen molar-refractivity contribution in [3.05, 3.63) is 38.9 Å². The number of carbonyl (C=O) groups excluding carboxylic acids is 1. The number of halogens is 1. The highest BCUT2D eigenvalue weighted by molar-refractivity contribution is 6.33. The van der Waals surface area contributed by atoms with E-state index in [2.05, 4.69) is 4.74 Å². The Hall–Kier alpha value is -1.62. The Balaban J connectivity index is 0.00000106. The van der Waals surface area contributed by atoms with Crippen molar-refractivity contribution >= 4 is 23.3 Å². The maximum atomic E-state index is 11.1. The van der Waals surface area contributed by atoms with E-state index in [1.54, 1.807) is 0 Å². The Morgan fingerprint density at radius 1 is 1.44 bits per heavy atom. The zero-order chi connectivity index (χ0) is 12.7. The summed E-state index contributed by atoms with van der Waals surface area (Å²) in [5, 5.41) is 10.5. The van der Waals surface area contributed by atoms with Gasteiger partial charge in [-0.15, -0.1) is 0 Å².